The Hall–Kier alpha value is -0.830. The van der Waals surface area contributed by atoms with E-state index in [9.17, 15) is 4.79 Å². The van der Waals surface area contributed by atoms with Crippen LogP contribution in [0.5, 0.6) is 0 Å². The number of piperidine rings is 3. The van der Waals surface area contributed by atoms with Crippen molar-refractivity contribution in [2.75, 3.05) is 26.2 Å². The summed E-state index contributed by atoms with van der Waals surface area (Å²) in [6.45, 7) is 5.86. The van der Waals surface area contributed by atoms with Crippen molar-refractivity contribution in [2.45, 2.75) is 26.2 Å². The van der Waals surface area contributed by atoms with Crippen molar-refractivity contribution in [2.24, 2.45) is 5.41 Å². The van der Waals surface area contributed by atoms with Gasteiger partial charge in [-0.25, -0.2) is 4.79 Å². The van der Waals surface area contributed by atoms with E-state index in [1.165, 1.54) is 38.9 Å². The summed E-state index contributed by atoms with van der Waals surface area (Å²) >= 11 is 0. The Balaban J connectivity index is 1.94. The van der Waals surface area contributed by atoms with Gasteiger partial charge in [-0.05, 0) is 51.2 Å². The molecule has 3 saturated heterocycles. The second-order valence-electron chi connectivity index (χ2n) is 4.54. The van der Waals surface area contributed by atoms with E-state index < -0.39 is 0 Å². The van der Waals surface area contributed by atoms with Crippen molar-refractivity contribution >= 4 is 5.97 Å². The highest BCUT2D eigenvalue weighted by Gasteiger charge is 2.37. The molecule has 84 valence electrons. The molecule has 0 N–H and O–H groups in total. The first kappa shape index (κ1) is 10.7. The molecule has 2 bridgehead atoms. The summed E-state index contributed by atoms with van der Waals surface area (Å²) in [5, 5.41) is 0. The van der Waals surface area contributed by atoms with Gasteiger partial charge < -0.3 is 9.64 Å². The molecule has 0 unspecified atom stereocenters. The first-order valence-electron chi connectivity index (χ1n) is 5.82. The van der Waals surface area contributed by atoms with Gasteiger partial charge in [0.2, 0.25) is 0 Å². The lowest BCUT2D eigenvalue weighted by Crippen LogP contribution is -2.47. The molecule has 0 amide bonds. The summed E-state index contributed by atoms with van der Waals surface area (Å²) in [5.74, 6) is -0.195. The number of hydrogen-bond acceptors (Lipinski definition) is 3. The molecule has 15 heavy (non-hydrogen) atoms. The number of esters is 1. The third-order valence-electron chi connectivity index (χ3n) is 3.64. The molecule has 0 atom stereocenters. The normalized spacial score (nSPS) is 34.6. The third kappa shape index (κ3) is 2.40. The number of allylic oxidation sites excluding steroid dienone is 1. The largest absolute Gasteiger partial charge is 0.463 e. The van der Waals surface area contributed by atoms with Gasteiger partial charge in [0, 0.05) is 6.08 Å². The Morgan fingerprint density at radius 3 is 2.47 bits per heavy atom. The van der Waals surface area contributed by atoms with E-state index in [2.05, 4.69) is 11.0 Å². The van der Waals surface area contributed by atoms with Crippen molar-refractivity contribution in [3.8, 4) is 0 Å². The Bertz CT molecular complexity index is 251. The van der Waals surface area contributed by atoms with Gasteiger partial charge >= 0.3 is 5.97 Å². The van der Waals surface area contributed by atoms with Gasteiger partial charge in [-0.1, -0.05) is 6.08 Å². The van der Waals surface area contributed by atoms with Crippen LogP contribution in [0.15, 0.2) is 12.2 Å². The molecule has 0 spiro atoms. The molecule has 3 aliphatic rings. The van der Waals surface area contributed by atoms with Crippen LogP contribution < -0.4 is 0 Å². The van der Waals surface area contributed by atoms with Crippen LogP contribution in [-0.4, -0.2) is 37.1 Å². The number of hydrogen-bond donors (Lipinski definition) is 0. The van der Waals surface area contributed by atoms with Crippen LogP contribution in [0.2, 0.25) is 0 Å². The minimum atomic E-state index is -0.195. The third-order valence-corrected chi connectivity index (χ3v) is 3.64. The molecule has 0 aliphatic carbocycles. The quantitative estimate of drug-likeness (QED) is 0.522. The summed E-state index contributed by atoms with van der Waals surface area (Å²) in [6.07, 6.45) is 7.32. The lowest BCUT2D eigenvalue weighted by Gasteiger charge is -2.46. The van der Waals surface area contributed by atoms with Crippen LogP contribution in [0.1, 0.15) is 26.2 Å². The molecule has 0 radical (unpaired) electrons. The number of rotatable bonds is 3. The molecule has 3 heterocycles. The summed E-state index contributed by atoms with van der Waals surface area (Å²) in [7, 11) is 0. The van der Waals surface area contributed by atoms with Gasteiger partial charge in [0.15, 0.2) is 0 Å². The van der Waals surface area contributed by atoms with Crippen LogP contribution in [0.25, 0.3) is 0 Å². The van der Waals surface area contributed by atoms with Crippen molar-refractivity contribution in [3.63, 3.8) is 0 Å². The second kappa shape index (κ2) is 4.35. The molecule has 0 saturated carbocycles. The molecule has 3 heteroatoms. The maximum absolute atomic E-state index is 11.2. The van der Waals surface area contributed by atoms with E-state index in [-0.39, 0.29) is 5.97 Å². The van der Waals surface area contributed by atoms with Crippen molar-refractivity contribution in [1.82, 2.24) is 4.90 Å². The van der Waals surface area contributed by atoms with E-state index in [1.807, 2.05) is 6.92 Å². The standard InChI is InChI=1S/C12H19NO2/c1-2-15-11(14)3-4-12-5-8-13(9-6-12)10-7-12/h3-4H,2,5-10H2,1H3/b4-3+. The van der Waals surface area contributed by atoms with Gasteiger partial charge in [0.25, 0.3) is 0 Å². The summed E-state index contributed by atoms with van der Waals surface area (Å²) < 4.78 is 4.90. The van der Waals surface area contributed by atoms with Crippen LogP contribution in [-0.2, 0) is 9.53 Å². The predicted molar refractivity (Wildman–Crippen MR) is 58.5 cm³/mol. The molecule has 0 aromatic rings. The molecule has 3 fully saturated rings. The van der Waals surface area contributed by atoms with Crippen LogP contribution >= 0.6 is 0 Å². The molecular formula is C12H19NO2. The molecule has 0 aromatic heterocycles. The number of carbonyl (C=O) groups excluding carboxylic acids is 1. The number of carbonyl (C=O) groups is 1. The minimum absolute atomic E-state index is 0.195. The topological polar surface area (TPSA) is 29.5 Å². The first-order chi connectivity index (χ1) is 7.24. The molecule has 3 nitrogen and oxygen atoms in total. The lowest BCUT2D eigenvalue weighted by atomic mass is 9.72. The summed E-state index contributed by atoms with van der Waals surface area (Å²) in [5.41, 5.74) is 0.293. The second-order valence-corrected chi connectivity index (χ2v) is 4.54. The van der Waals surface area contributed by atoms with E-state index in [0.29, 0.717) is 12.0 Å². The minimum Gasteiger partial charge on any atom is -0.463 e. The molecule has 3 aliphatic heterocycles. The van der Waals surface area contributed by atoms with Gasteiger partial charge in [-0.15, -0.1) is 0 Å². The Morgan fingerprint density at radius 1 is 1.33 bits per heavy atom. The molecule has 3 rings (SSSR count). The highest BCUT2D eigenvalue weighted by Crippen LogP contribution is 2.41. The molecular weight excluding hydrogens is 190 g/mol. The lowest BCUT2D eigenvalue weighted by molar-refractivity contribution is -0.137. The fourth-order valence-corrected chi connectivity index (χ4v) is 2.54. The average molecular weight is 209 g/mol. The zero-order valence-corrected chi connectivity index (χ0v) is 9.37. The van der Waals surface area contributed by atoms with Gasteiger partial charge in [-0.3, -0.25) is 0 Å². The molecule has 0 aromatic carbocycles. The van der Waals surface area contributed by atoms with Crippen LogP contribution in [0, 0.1) is 5.41 Å². The van der Waals surface area contributed by atoms with E-state index >= 15 is 0 Å². The number of nitrogens with zero attached hydrogens (tertiary/aromatic N) is 1. The fraction of sp³-hybridized carbons (Fsp3) is 0.750. The highest BCUT2D eigenvalue weighted by molar-refractivity contribution is 5.82. The van der Waals surface area contributed by atoms with Crippen molar-refractivity contribution in [3.05, 3.63) is 12.2 Å². The number of ether oxygens (including phenoxy) is 1. The zero-order valence-electron chi connectivity index (χ0n) is 9.37. The van der Waals surface area contributed by atoms with Gasteiger partial charge in [0.05, 0.1) is 6.61 Å². The maximum Gasteiger partial charge on any atom is 0.330 e. The Morgan fingerprint density at radius 2 is 1.93 bits per heavy atom. The van der Waals surface area contributed by atoms with E-state index in [0.717, 1.165) is 0 Å². The highest BCUT2D eigenvalue weighted by atomic mass is 16.5. The smallest absolute Gasteiger partial charge is 0.330 e. The fourth-order valence-electron chi connectivity index (χ4n) is 2.54. The summed E-state index contributed by atoms with van der Waals surface area (Å²) in [6, 6.07) is 0. The predicted octanol–water partition coefficient (Wildman–Crippen LogP) is 1.59. The van der Waals surface area contributed by atoms with Crippen molar-refractivity contribution in [1.29, 1.82) is 0 Å². The Kier molecular flexibility index (Phi) is 3.10. The summed E-state index contributed by atoms with van der Waals surface area (Å²) in [4.78, 5) is 13.7. The first-order valence-corrected chi connectivity index (χ1v) is 5.82. The van der Waals surface area contributed by atoms with Gasteiger partial charge in [0.1, 0.15) is 0 Å². The maximum atomic E-state index is 11.2. The van der Waals surface area contributed by atoms with Crippen LogP contribution in [0.4, 0.5) is 0 Å². The SMILES string of the molecule is CCOC(=O)/C=C/C12CCN(CC1)CC2. The van der Waals surface area contributed by atoms with E-state index in [4.69, 9.17) is 4.74 Å². The monoisotopic (exact) mass is 209 g/mol. The van der Waals surface area contributed by atoms with Crippen molar-refractivity contribution < 1.29 is 9.53 Å². The van der Waals surface area contributed by atoms with Crippen LogP contribution in [0.3, 0.4) is 0 Å². The number of fused-ring (bicyclic) bond motifs is 3. The Labute approximate surface area is 91.1 Å². The van der Waals surface area contributed by atoms with Gasteiger partial charge in [-0.2, -0.15) is 0 Å². The zero-order chi connectivity index (χ0) is 10.7. The van der Waals surface area contributed by atoms with E-state index in [1.54, 1.807) is 6.08 Å². The average Bonchev–Trinajstić information content (AvgIpc) is 2.30.